The van der Waals surface area contributed by atoms with E-state index in [9.17, 15) is 36.0 Å². The van der Waals surface area contributed by atoms with Gasteiger partial charge in [-0.1, -0.05) is 12.1 Å². The van der Waals surface area contributed by atoms with Crippen molar-refractivity contribution in [2.75, 3.05) is 12.4 Å². The number of anilines is 1. The van der Waals surface area contributed by atoms with Crippen LogP contribution in [0.5, 0.6) is 5.75 Å². The highest BCUT2D eigenvalue weighted by molar-refractivity contribution is 7.92. The Morgan fingerprint density at radius 1 is 1.07 bits per heavy atom. The summed E-state index contributed by atoms with van der Waals surface area (Å²) in [5.74, 6) is -3.93. The van der Waals surface area contributed by atoms with Gasteiger partial charge < -0.3 is 20.5 Å². The van der Waals surface area contributed by atoms with Crippen LogP contribution < -0.4 is 15.4 Å². The van der Waals surface area contributed by atoms with E-state index in [-0.39, 0.29) is 47.2 Å². The number of methoxy groups -OCH3 is 1. The average molecular weight is 664 g/mol. The van der Waals surface area contributed by atoms with Crippen LogP contribution in [0.15, 0.2) is 59.6 Å². The molecule has 2 bridgehead atoms. The van der Waals surface area contributed by atoms with Gasteiger partial charge in [-0.2, -0.15) is 13.2 Å². The lowest BCUT2D eigenvalue weighted by Gasteiger charge is -2.31. The molecule has 2 aliphatic rings. The molecular weight excluding hydrogens is 634 g/mol. The molecule has 46 heavy (non-hydrogen) atoms. The minimum Gasteiger partial charge on any atom is -0.496 e. The summed E-state index contributed by atoms with van der Waals surface area (Å²) in [5.41, 5.74) is -4.80. The molecule has 2 amide bonds. The number of benzene rings is 2. The number of aryl methyl sites for hydroxylation is 1. The Hall–Kier alpha value is -4.53. The van der Waals surface area contributed by atoms with Gasteiger partial charge in [-0.25, -0.2) is 12.8 Å². The number of nitrogens with zero attached hydrogens (tertiary/aromatic N) is 1. The number of sulfone groups is 1. The topological polar surface area (TPSA) is 152 Å². The van der Waals surface area contributed by atoms with Gasteiger partial charge in [0.2, 0.25) is 5.91 Å². The zero-order valence-corrected chi connectivity index (χ0v) is 25.1. The first-order chi connectivity index (χ1) is 21.7. The molecule has 15 heteroatoms. The van der Waals surface area contributed by atoms with Gasteiger partial charge in [0, 0.05) is 47.2 Å². The van der Waals surface area contributed by atoms with E-state index in [1.54, 1.807) is 12.1 Å². The number of aliphatic carboxylic acids is 1. The number of rotatable bonds is 10. The number of amides is 2. The predicted molar refractivity (Wildman–Crippen MR) is 156 cm³/mol. The molecular formula is C31H29F4N3O7S. The van der Waals surface area contributed by atoms with Crippen molar-refractivity contribution < 1.29 is 50.2 Å². The molecule has 4 atom stereocenters. The third kappa shape index (κ3) is 6.55. The van der Waals surface area contributed by atoms with E-state index in [4.69, 9.17) is 9.84 Å². The molecule has 10 nitrogen and oxygen atoms in total. The minimum atomic E-state index is -5.63. The molecule has 2 aliphatic carbocycles. The van der Waals surface area contributed by atoms with E-state index in [1.807, 2.05) is 0 Å². The largest absolute Gasteiger partial charge is 0.501 e. The van der Waals surface area contributed by atoms with Crippen LogP contribution in [0.3, 0.4) is 0 Å². The Labute approximate surface area is 261 Å². The molecule has 2 saturated carbocycles. The fourth-order valence-electron chi connectivity index (χ4n) is 6.29. The van der Waals surface area contributed by atoms with Gasteiger partial charge in [0.1, 0.15) is 11.6 Å². The summed E-state index contributed by atoms with van der Waals surface area (Å²) >= 11 is 0. The number of carboxylic acids is 1. The molecule has 2 fully saturated rings. The summed E-state index contributed by atoms with van der Waals surface area (Å²) in [4.78, 5) is 41.1. The van der Waals surface area contributed by atoms with Crippen molar-refractivity contribution in [1.82, 2.24) is 10.3 Å². The molecule has 0 spiro atoms. The van der Waals surface area contributed by atoms with Crippen LogP contribution in [-0.2, 0) is 25.8 Å². The highest BCUT2D eigenvalue weighted by atomic mass is 32.2. The quantitative estimate of drug-likeness (QED) is 0.257. The van der Waals surface area contributed by atoms with E-state index < -0.39 is 55.8 Å². The maximum absolute atomic E-state index is 15.1. The summed E-state index contributed by atoms with van der Waals surface area (Å²) in [7, 11) is -4.36. The fourth-order valence-corrected chi connectivity index (χ4v) is 7.10. The molecule has 5 rings (SSSR count). The number of hydrogen-bond acceptors (Lipinski definition) is 7. The number of carbonyl (C=O) groups excluding carboxylic acids is 2. The molecule has 4 unspecified atom stereocenters. The van der Waals surface area contributed by atoms with E-state index in [0.29, 0.717) is 24.1 Å². The van der Waals surface area contributed by atoms with Crippen LogP contribution in [0.4, 0.5) is 23.2 Å². The Kier molecular flexibility index (Phi) is 9.07. The van der Waals surface area contributed by atoms with Crippen LogP contribution in [0.1, 0.15) is 41.7 Å². The molecule has 3 aromatic rings. The number of ether oxygens (including phenoxy) is 1. The van der Waals surface area contributed by atoms with Gasteiger partial charge in [-0.05, 0) is 61.4 Å². The van der Waals surface area contributed by atoms with Crippen molar-refractivity contribution in [2.24, 2.45) is 17.8 Å². The maximum Gasteiger partial charge on any atom is 0.501 e. The number of carbonyl (C=O) groups is 3. The molecule has 3 N–H and O–H groups in total. The Bertz CT molecular complexity index is 1780. The third-order valence-electron chi connectivity index (χ3n) is 8.50. The molecule has 1 heterocycles. The van der Waals surface area contributed by atoms with Gasteiger partial charge in [-0.15, -0.1) is 0 Å². The van der Waals surface area contributed by atoms with Gasteiger partial charge in [0.25, 0.3) is 15.7 Å². The summed E-state index contributed by atoms with van der Waals surface area (Å²) in [6.07, 6.45) is 3.47. The van der Waals surface area contributed by atoms with E-state index in [1.165, 1.54) is 25.4 Å². The highest BCUT2D eigenvalue weighted by Gasteiger charge is 2.52. The van der Waals surface area contributed by atoms with Crippen LogP contribution in [0, 0.1) is 23.6 Å². The zero-order chi connectivity index (χ0) is 33.4. The first-order valence-corrected chi connectivity index (χ1v) is 15.8. The van der Waals surface area contributed by atoms with Crippen molar-refractivity contribution in [3.05, 3.63) is 71.8 Å². The SMILES string of the molecule is COc1cc(F)c(-c2ccc(CCC(=O)O)nc2)cc1C(=O)NC1C2CCC(C2)C1C(=O)Nc1cccc(S(=O)(=O)C(F)(F)F)c1. The predicted octanol–water partition coefficient (Wildman–Crippen LogP) is 4.99. The second kappa shape index (κ2) is 12.7. The normalized spacial score (nSPS) is 20.7. The zero-order valence-electron chi connectivity index (χ0n) is 24.3. The molecule has 2 aromatic carbocycles. The van der Waals surface area contributed by atoms with E-state index >= 15 is 4.39 Å². The minimum absolute atomic E-state index is 0.0131. The van der Waals surface area contributed by atoms with Crippen LogP contribution in [-0.4, -0.2) is 55.0 Å². The summed E-state index contributed by atoms with van der Waals surface area (Å²) in [5, 5.41) is 14.3. The number of aromatic nitrogens is 1. The number of alkyl halides is 3. The average Bonchev–Trinajstić information content (AvgIpc) is 3.62. The van der Waals surface area contributed by atoms with Gasteiger partial charge >= 0.3 is 11.5 Å². The second-order valence-corrected chi connectivity index (χ2v) is 13.2. The lowest BCUT2D eigenvalue weighted by Crippen LogP contribution is -2.48. The number of hydrogen-bond donors (Lipinski definition) is 3. The molecule has 1 aromatic heterocycles. The van der Waals surface area contributed by atoms with Crippen molar-refractivity contribution >= 4 is 33.3 Å². The van der Waals surface area contributed by atoms with Crippen molar-refractivity contribution in [2.45, 2.75) is 48.5 Å². The number of carboxylic acid groups (broad SMARTS) is 1. The number of fused-ring (bicyclic) bond motifs is 2. The molecule has 0 saturated heterocycles. The Morgan fingerprint density at radius 3 is 2.46 bits per heavy atom. The van der Waals surface area contributed by atoms with Crippen LogP contribution >= 0.6 is 0 Å². The standard InChI is InChI=1S/C31H29F4N3O7S/c1-45-25-14-24(32)22(18-7-8-19(36-15-18)9-10-26(39)40)13-23(25)29(41)38-28-17-6-5-16(11-17)27(28)30(42)37-20-3-2-4-21(12-20)46(43,44)31(33,34)35/h2-4,7-8,12-17,27-28H,5-6,9-11H2,1H3,(H,37,42)(H,38,41)(H,39,40). The van der Waals surface area contributed by atoms with Gasteiger partial charge in [0.05, 0.1) is 29.9 Å². The first kappa shape index (κ1) is 32.9. The molecule has 0 aliphatic heterocycles. The lowest BCUT2D eigenvalue weighted by atomic mass is 9.83. The van der Waals surface area contributed by atoms with Crippen molar-refractivity contribution in [3.8, 4) is 16.9 Å². The molecule has 244 valence electrons. The van der Waals surface area contributed by atoms with Crippen molar-refractivity contribution in [3.63, 3.8) is 0 Å². The smallest absolute Gasteiger partial charge is 0.496 e. The van der Waals surface area contributed by atoms with Crippen molar-refractivity contribution in [1.29, 1.82) is 0 Å². The number of nitrogens with one attached hydrogen (secondary N) is 2. The Balaban J connectivity index is 1.37. The molecule has 0 radical (unpaired) electrons. The summed E-state index contributed by atoms with van der Waals surface area (Å²) in [6.45, 7) is 0. The first-order valence-electron chi connectivity index (χ1n) is 14.3. The lowest BCUT2D eigenvalue weighted by molar-refractivity contribution is -0.137. The Morgan fingerprint density at radius 2 is 1.80 bits per heavy atom. The second-order valence-electron chi connectivity index (χ2n) is 11.3. The summed E-state index contributed by atoms with van der Waals surface area (Å²) < 4.78 is 83.4. The van der Waals surface area contributed by atoms with Gasteiger partial charge in [-0.3, -0.25) is 19.4 Å². The number of halogens is 4. The van der Waals surface area contributed by atoms with E-state index in [2.05, 4.69) is 15.6 Å². The third-order valence-corrected chi connectivity index (χ3v) is 9.98. The fraction of sp³-hybridized carbons (Fsp3) is 0.355. The monoisotopic (exact) mass is 663 g/mol. The van der Waals surface area contributed by atoms with Gasteiger partial charge in [0.15, 0.2) is 0 Å². The van der Waals surface area contributed by atoms with Crippen LogP contribution in [0.2, 0.25) is 0 Å². The maximum atomic E-state index is 15.1. The van der Waals surface area contributed by atoms with Crippen LogP contribution in [0.25, 0.3) is 11.1 Å². The highest BCUT2D eigenvalue weighted by Crippen LogP contribution is 2.49. The number of pyridine rings is 1. The summed E-state index contributed by atoms with van der Waals surface area (Å²) in [6, 6.07) is 8.69. The van der Waals surface area contributed by atoms with E-state index in [0.717, 1.165) is 30.7 Å².